The van der Waals surface area contributed by atoms with Crippen molar-refractivity contribution in [2.45, 2.75) is 36.9 Å². The van der Waals surface area contributed by atoms with Crippen LogP contribution in [-0.4, -0.2) is 82.4 Å². The first kappa shape index (κ1) is 26.1. The summed E-state index contributed by atoms with van der Waals surface area (Å²) in [5.41, 5.74) is 0.253. The van der Waals surface area contributed by atoms with Gasteiger partial charge in [-0.15, -0.1) is 10.2 Å². The molecule has 0 N–H and O–H groups in total. The van der Waals surface area contributed by atoms with Crippen molar-refractivity contribution in [3.05, 3.63) is 41.2 Å². The predicted molar refractivity (Wildman–Crippen MR) is 127 cm³/mol. The molecule has 1 fully saturated rings. The third-order valence-electron chi connectivity index (χ3n) is 5.87. The summed E-state index contributed by atoms with van der Waals surface area (Å²) in [5.74, 6) is 0.124. The number of nitrogens with zero attached hydrogens (tertiary/aromatic N) is 7. The number of halogens is 1. The molecule has 3 aromatic heterocycles. The first-order valence-electron chi connectivity index (χ1n) is 11.0. The fourth-order valence-corrected chi connectivity index (χ4v) is 5.39. The van der Waals surface area contributed by atoms with Gasteiger partial charge in [0, 0.05) is 18.3 Å². The number of ether oxygens (including phenoxy) is 4. The number of aromatic nitrogens is 7. The Morgan fingerprint density at radius 3 is 2.33 bits per heavy atom. The fraction of sp³-hybridized carbons (Fsp3) is 0.524. The van der Waals surface area contributed by atoms with Crippen LogP contribution in [0.25, 0.3) is 5.69 Å². The monoisotopic (exact) mass is 539 g/mol. The first-order valence-corrected chi connectivity index (χ1v) is 13.1. The Kier molecular flexibility index (Phi) is 7.97. The average molecular weight is 540 g/mol. The van der Waals surface area contributed by atoms with E-state index in [-0.39, 0.29) is 29.9 Å². The predicted octanol–water partition coefficient (Wildman–Crippen LogP) is 1.71. The summed E-state index contributed by atoms with van der Waals surface area (Å²) < 4.78 is 50.8. The van der Waals surface area contributed by atoms with Crippen LogP contribution in [0.5, 0.6) is 11.8 Å². The minimum atomic E-state index is -3.79. The van der Waals surface area contributed by atoms with Crippen LogP contribution < -0.4 is 9.47 Å². The lowest BCUT2D eigenvalue weighted by molar-refractivity contribution is -0.0942. The summed E-state index contributed by atoms with van der Waals surface area (Å²) in [5, 5.41) is 7.99. The molecule has 4 rings (SSSR count). The Labute approximate surface area is 213 Å². The highest BCUT2D eigenvalue weighted by Crippen LogP contribution is 2.34. The van der Waals surface area contributed by atoms with Crippen LogP contribution in [0.1, 0.15) is 43.3 Å². The lowest BCUT2D eigenvalue weighted by Gasteiger charge is -2.24. The average Bonchev–Trinajstić information content (AvgIpc) is 3.30. The molecule has 0 aliphatic carbocycles. The second-order valence-corrected chi connectivity index (χ2v) is 10.8. The molecule has 1 saturated heterocycles. The number of sulfone groups is 1. The Hall–Kier alpha value is -2.94. The maximum Gasteiger partial charge on any atom is 0.245 e. The summed E-state index contributed by atoms with van der Waals surface area (Å²) in [6.07, 6.45) is 3.54. The topological polar surface area (TPSA) is 153 Å². The van der Waals surface area contributed by atoms with Crippen molar-refractivity contribution in [3.8, 4) is 17.4 Å². The van der Waals surface area contributed by atoms with Gasteiger partial charge in [0.25, 0.3) is 0 Å². The van der Waals surface area contributed by atoms with Gasteiger partial charge >= 0.3 is 0 Å². The van der Waals surface area contributed by atoms with Crippen LogP contribution >= 0.6 is 11.6 Å². The van der Waals surface area contributed by atoms with E-state index >= 15 is 0 Å². The number of rotatable bonds is 9. The minimum absolute atomic E-state index is 0.113. The van der Waals surface area contributed by atoms with Gasteiger partial charge in [-0.3, -0.25) is 4.57 Å². The van der Waals surface area contributed by atoms with Gasteiger partial charge in [0.1, 0.15) is 24.0 Å². The molecule has 0 saturated carbocycles. The Morgan fingerprint density at radius 1 is 1.08 bits per heavy atom. The lowest BCUT2D eigenvalue weighted by Crippen LogP contribution is -2.28. The van der Waals surface area contributed by atoms with Gasteiger partial charge in [0.2, 0.25) is 11.8 Å². The number of methoxy groups -OCH3 is 2. The van der Waals surface area contributed by atoms with Crippen molar-refractivity contribution >= 4 is 21.4 Å². The molecule has 3 aromatic rings. The van der Waals surface area contributed by atoms with Gasteiger partial charge < -0.3 is 18.9 Å². The molecule has 0 bridgehead atoms. The van der Waals surface area contributed by atoms with E-state index in [1.807, 2.05) is 0 Å². The van der Waals surface area contributed by atoms with Crippen LogP contribution in [0.4, 0.5) is 0 Å². The van der Waals surface area contributed by atoms with Crippen LogP contribution in [0.2, 0.25) is 5.02 Å². The normalized spacial score (nSPS) is 18.0. The minimum Gasteiger partial charge on any atom is -0.479 e. The largest absolute Gasteiger partial charge is 0.479 e. The maximum absolute atomic E-state index is 13.5. The number of hydrogen-bond acceptors (Lipinski definition) is 12. The SMILES string of the molecule is COc1ncnc(OC)c1-n1c(CS(=O)(=O)[C@@H](C)[C@H](C)c2ncc(Cl)cn2)nnc1[C@H]1COCCO1. The molecule has 1 aliphatic rings. The van der Waals surface area contributed by atoms with E-state index in [2.05, 4.69) is 30.1 Å². The lowest BCUT2D eigenvalue weighted by atomic mass is 10.1. The quantitative estimate of drug-likeness (QED) is 0.389. The van der Waals surface area contributed by atoms with Gasteiger partial charge in [0.05, 0.1) is 44.3 Å². The summed E-state index contributed by atoms with van der Waals surface area (Å²) in [7, 11) is -0.924. The van der Waals surface area contributed by atoms with Crippen LogP contribution in [0.3, 0.4) is 0 Å². The van der Waals surface area contributed by atoms with Gasteiger partial charge in [-0.25, -0.2) is 18.4 Å². The molecule has 36 heavy (non-hydrogen) atoms. The van der Waals surface area contributed by atoms with E-state index in [0.717, 1.165) is 0 Å². The molecule has 194 valence electrons. The van der Waals surface area contributed by atoms with Crippen molar-refractivity contribution in [3.63, 3.8) is 0 Å². The number of hydrogen-bond donors (Lipinski definition) is 0. The Morgan fingerprint density at radius 2 is 1.75 bits per heavy atom. The fourth-order valence-electron chi connectivity index (χ4n) is 3.74. The Bertz CT molecular complexity index is 1280. The highest BCUT2D eigenvalue weighted by molar-refractivity contribution is 7.91. The van der Waals surface area contributed by atoms with Gasteiger partial charge in [-0.2, -0.15) is 9.97 Å². The molecule has 0 aromatic carbocycles. The van der Waals surface area contributed by atoms with Crippen molar-refractivity contribution in [2.75, 3.05) is 34.0 Å². The highest BCUT2D eigenvalue weighted by Gasteiger charge is 2.35. The molecular weight excluding hydrogens is 514 g/mol. The highest BCUT2D eigenvalue weighted by atomic mass is 35.5. The van der Waals surface area contributed by atoms with Crippen molar-refractivity contribution in [1.29, 1.82) is 0 Å². The molecule has 15 heteroatoms. The van der Waals surface area contributed by atoms with Crippen LogP contribution in [0, 0.1) is 0 Å². The van der Waals surface area contributed by atoms with E-state index in [0.29, 0.717) is 29.9 Å². The zero-order valence-corrected chi connectivity index (χ0v) is 21.7. The summed E-state index contributed by atoms with van der Waals surface area (Å²) in [6.45, 7) is 4.34. The molecule has 0 radical (unpaired) electrons. The van der Waals surface area contributed by atoms with E-state index in [1.165, 1.54) is 37.5 Å². The van der Waals surface area contributed by atoms with Crippen LogP contribution in [-0.2, 0) is 25.1 Å². The van der Waals surface area contributed by atoms with Crippen molar-refractivity contribution in [1.82, 2.24) is 34.7 Å². The smallest absolute Gasteiger partial charge is 0.245 e. The zero-order valence-electron chi connectivity index (χ0n) is 20.2. The van der Waals surface area contributed by atoms with Gasteiger partial charge in [-0.1, -0.05) is 18.5 Å². The van der Waals surface area contributed by atoms with Crippen LogP contribution in [0.15, 0.2) is 18.7 Å². The first-order chi connectivity index (χ1) is 17.3. The molecule has 0 amide bonds. The second-order valence-electron chi connectivity index (χ2n) is 8.05. The molecule has 1 aliphatic heterocycles. The standard InChI is InChI=1S/C21H26ClN7O6S/c1-12(18-23-7-14(22)8-24-18)13(2)36(30,31)10-16-27-28-19(15-9-34-5-6-35-15)29(16)17-20(32-3)25-11-26-21(17)33-4/h7-8,11-13,15H,5-6,9-10H2,1-4H3/t12-,13-,15+/m0/s1. The van der Waals surface area contributed by atoms with E-state index in [4.69, 9.17) is 30.5 Å². The van der Waals surface area contributed by atoms with E-state index < -0.39 is 32.9 Å². The Balaban J connectivity index is 1.77. The van der Waals surface area contributed by atoms with Crippen molar-refractivity contribution in [2.24, 2.45) is 0 Å². The maximum atomic E-state index is 13.5. The third-order valence-corrected chi connectivity index (χ3v) is 8.27. The third kappa shape index (κ3) is 5.26. The van der Waals surface area contributed by atoms with E-state index in [1.54, 1.807) is 13.8 Å². The summed E-state index contributed by atoms with van der Waals surface area (Å²) in [4.78, 5) is 16.7. The molecule has 3 atom stereocenters. The van der Waals surface area contributed by atoms with Gasteiger partial charge in [0.15, 0.2) is 27.2 Å². The molecule has 0 unspecified atom stereocenters. The molecule has 0 spiro atoms. The van der Waals surface area contributed by atoms with E-state index in [9.17, 15) is 8.42 Å². The zero-order chi connectivity index (χ0) is 25.9. The summed E-state index contributed by atoms with van der Waals surface area (Å²) >= 11 is 5.87. The molecular formula is C21H26ClN7O6S. The second kappa shape index (κ2) is 11.0. The molecule has 13 nitrogen and oxygen atoms in total. The summed E-state index contributed by atoms with van der Waals surface area (Å²) in [6, 6.07) is 0. The van der Waals surface area contributed by atoms with Crippen molar-refractivity contribution < 1.29 is 27.4 Å². The van der Waals surface area contributed by atoms with Gasteiger partial charge in [-0.05, 0) is 6.92 Å². The molecule has 4 heterocycles.